The number of urea groups is 1. The molecule has 0 aliphatic carbocycles. The molecule has 0 spiro atoms. The lowest BCUT2D eigenvalue weighted by atomic mass is 10.0. The van der Waals surface area contributed by atoms with Crippen LogP contribution in [0.25, 0.3) is 10.8 Å². The lowest BCUT2D eigenvalue weighted by molar-refractivity contribution is -0.383. The maximum absolute atomic E-state index is 12.8. The number of nitrogens with one attached hydrogen (secondary N) is 2. The van der Waals surface area contributed by atoms with Crippen molar-refractivity contribution < 1.29 is 14.5 Å². The molecule has 0 bridgehead atoms. The Kier molecular flexibility index (Phi) is 7.91. The van der Waals surface area contributed by atoms with Gasteiger partial charge >= 0.3 is 6.03 Å². The summed E-state index contributed by atoms with van der Waals surface area (Å²) in [5, 5.41) is 17.9. The number of hydrogen-bond donors (Lipinski definition) is 3. The standard InChI is InChI=1S/C21H17Cl3N4O4S/c22-21(23,24)19(27(33)20(30)25-16-10-3-4-11-17(16)28(31)32)26-18(29)12-14-8-5-7-13-6-1-2-9-15(13)14/h1-11,19,33H,12H2,(H,25,30)(H,26,29). The third-order valence-corrected chi connectivity index (χ3v) is 5.67. The second-order valence-corrected chi connectivity index (χ2v) is 9.68. The monoisotopic (exact) mass is 526 g/mol. The van der Waals surface area contributed by atoms with E-state index in [0.29, 0.717) is 4.31 Å². The molecule has 0 aliphatic rings. The molecular weight excluding hydrogens is 511 g/mol. The first-order valence-corrected chi connectivity index (χ1v) is 11.0. The highest BCUT2D eigenvalue weighted by molar-refractivity contribution is 7.78. The lowest BCUT2D eigenvalue weighted by Crippen LogP contribution is -2.55. The molecule has 3 amide bonds. The van der Waals surface area contributed by atoms with Crippen LogP contribution in [0.2, 0.25) is 0 Å². The Bertz CT molecular complexity index is 1200. The number of anilines is 1. The molecule has 12 heteroatoms. The first-order chi connectivity index (χ1) is 15.6. The zero-order valence-electron chi connectivity index (χ0n) is 16.7. The highest BCUT2D eigenvalue weighted by atomic mass is 35.6. The molecule has 0 heterocycles. The number of carbonyl (C=O) groups excluding carboxylic acids is 2. The van der Waals surface area contributed by atoms with E-state index in [2.05, 4.69) is 23.4 Å². The Hall–Kier alpha value is -2.72. The van der Waals surface area contributed by atoms with E-state index >= 15 is 0 Å². The minimum Gasteiger partial charge on any atom is -0.331 e. The Morgan fingerprint density at radius 2 is 1.67 bits per heavy atom. The quantitative estimate of drug-likeness (QED) is 0.130. The number of amides is 3. The summed E-state index contributed by atoms with van der Waals surface area (Å²) in [6.45, 7) is 0. The van der Waals surface area contributed by atoms with Crippen LogP contribution in [-0.4, -0.2) is 31.1 Å². The van der Waals surface area contributed by atoms with Gasteiger partial charge in [0.25, 0.3) is 5.69 Å². The summed E-state index contributed by atoms with van der Waals surface area (Å²) >= 11 is 22.1. The fourth-order valence-electron chi connectivity index (χ4n) is 3.13. The second kappa shape index (κ2) is 10.5. The van der Waals surface area contributed by atoms with Crippen molar-refractivity contribution in [1.82, 2.24) is 9.62 Å². The van der Waals surface area contributed by atoms with Crippen LogP contribution in [0.1, 0.15) is 5.56 Å². The summed E-state index contributed by atoms with van der Waals surface area (Å²) in [7, 11) is 0. The molecule has 0 saturated carbocycles. The van der Waals surface area contributed by atoms with Crippen LogP contribution >= 0.6 is 47.6 Å². The Balaban J connectivity index is 1.77. The number of hydrogen-bond acceptors (Lipinski definition) is 5. The van der Waals surface area contributed by atoms with Crippen LogP contribution in [-0.2, 0) is 11.2 Å². The van der Waals surface area contributed by atoms with Crippen molar-refractivity contribution in [3.05, 3.63) is 82.4 Å². The SMILES string of the molecule is O=C(Cc1cccc2ccccc12)NC(N(S)C(=O)Nc1ccccc1[N+](=O)[O-])C(Cl)(Cl)Cl. The lowest BCUT2D eigenvalue weighted by Gasteiger charge is -2.32. The predicted octanol–water partition coefficient (Wildman–Crippen LogP) is 5.48. The van der Waals surface area contributed by atoms with Crippen LogP contribution in [0.3, 0.4) is 0 Å². The summed E-state index contributed by atoms with van der Waals surface area (Å²) in [5.41, 5.74) is 0.318. The molecule has 1 unspecified atom stereocenters. The van der Waals surface area contributed by atoms with Gasteiger partial charge in [-0.1, -0.05) is 102 Å². The molecule has 1 atom stereocenters. The van der Waals surface area contributed by atoms with Gasteiger partial charge in [-0.05, 0) is 22.4 Å². The van der Waals surface area contributed by atoms with Crippen molar-refractivity contribution in [3.63, 3.8) is 0 Å². The Morgan fingerprint density at radius 3 is 2.36 bits per heavy atom. The normalized spacial score (nSPS) is 12.1. The van der Waals surface area contributed by atoms with Gasteiger partial charge in [0.2, 0.25) is 9.70 Å². The van der Waals surface area contributed by atoms with Crippen molar-refractivity contribution >= 4 is 81.7 Å². The number of halogens is 3. The second-order valence-electron chi connectivity index (χ2n) is 6.88. The molecule has 3 aromatic carbocycles. The number of para-hydroxylation sites is 2. The Morgan fingerprint density at radius 1 is 1.03 bits per heavy atom. The fourth-order valence-corrected chi connectivity index (χ4v) is 4.07. The van der Waals surface area contributed by atoms with Gasteiger partial charge in [0.15, 0.2) is 6.17 Å². The van der Waals surface area contributed by atoms with Gasteiger partial charge in [0.1, 0.15) is 5.69 Å². The third-order valence-electron chi connectivity index (χ3n) is 4.63. The van der Waals surface area contributed by atoms with Gasteiger partial charge in [-0.25, -0.2) is 9.10 Å². The van der Waals surface area contributed by atoms with Gasteiger partial charge in [-0.2, -0.15) is 0 Å². The third kappa shape index (κ3) is 6.20. The fraction of sp³-hybridized carbons (Fsp3) is 0.143. The number of thiol groups is 1. The molecular formula is C21H17Cl3N4O4S. The number of alkyl halides is 3. The van der Waals surface area contributed by atoms with E-state index in [1.807, 2.05) is 36.4 Å². The van der Waals surface area contributed by atoms with E-state index in [-0.39, 0.29) is 17.8 Å². The first kappa shape index (κ1) is 24.9. The summed E-state index contributed by atoms with van der Waals surface area (Å²) in [6, 6.07) is 17.6. The zero-order chi connectivity index (χ0) is 24.2. The molecule has 33 heavy (non-hydrogen) atoms. The highest BCUT2D eigenvalue weighted by Crippen LogP contribution is 2.34. The molecule has 3 aromatic rings. The average molecular weight is 528 g/mol. The van der Waals surface area contributed by atoms with E-state index in [9.17, 15) is 19.7 Å². The molecule has 0 aromatic heterocycles. The Labute approximate surface area is 209 Å². The van der Waals surface area contributed by atoms with Crippen LogP contribution in [0.5, 0.6) is 0 Å². The van der Waals surface area contributed by atoms with Crippen LogP contribution < -0.4 is 10.6 Å². The maximum atomic E-state index is 12.8. The number of carbonyl (C=O) groups is 2. The van der Waals surface area contributed by atoms with Crippen molar-refractivity contribution in [2.75, 3.05) is 5.32 Å². The largest absolute Gasteiger partial charge is 0.333 e. The van der Waals surface area contributed by atoms with E-state index in [4.69, 9.17) is 34.8 Å². The molecule has 0 saturated heterocycles. The molecule has 0 fully saturated rings. The summed E-state index contributed by atoms with van der Waals surface area (Å²) < 4.78 is -1.50. The van der Waals surface area contributed by atoms with Gasteiger partial charge in [-0.3, -0.25) is 14.9 Å². The zero-order valence-corrected chi connectivity index (χ0v) is 19.9. The number of benzene rings is 3. The number of rotatable bonds is 6. The van der Waals surface area contributed by atoms with E-state index in [0.717, 1.165) is 16.3 Å². The molecule has 0 radical (unpaired) electrons. The van der Waals surface area contributed by atoms with Crippen molar-refractivity contribution in [2.45, 2.75) is 16.4 Å². The van der Waals surface area contributed by atoms with E-state index in [1.54, 1.807) is 6.07 Å². The maximum Gasteiger partial charge on any atom is 0.333 e. The predicted molar refractivity (Wildman–Crippen MR) is 133 cm³/mol. The molecule has 8 nitrogen and oxygen atoms in total. The van der Waals surface area contributed by atoms with Gasteiger partial charge in [-0.15, -0.1) is 0 Å². The number of nitro groups is 1. The number of nitro benzene ring substituents is 1. The van der Waals surface area contributed by atoms with Gasteiger partial charge < -0.3 is 10.6 Å². The van der Waals surface area contributed by atoms with Crippen molar-refractivity contribution in [3.8, 4) is 0 Å². The van der Waals surface area contributed by atoms with Crippen LogP contribution in [0, 0.1) is 10.1 Å². The van der Waals surface area contributed by atoms with Crippen molar-refractivity contribution in [2.24, 2.45) is 0 Å². The highest BCUT2D eigenvalue weighted by Gasteiger charge is 2.40. The average Bonchev–Trinajstić information content (AvgIpc) is 2.76. The topological polar surface area (TPSA) is 105 Å². The molecule has 0 aliphatic heterocycles. The molecule has 2 N–H and O–H groups in total. The molecule has 3 rings (SSSR count). The van der Waals surface area contributed by atoms with Crippen LogP contribution in [0.4, 0.5) is 16.2 Å². The van der Waals surface area contributed by atoms with E-state index in [1.165, 1.54) is 24.3 Å². The minimum absolute atomic E-state index is 0.0496. The number of fused-ring (bicyclic) bond motifs is 1. The van der Waals surface area contributed by atoms with Gasteiger partial charge in [0.05, 0.1) is 11.3 Å². The first-order valence-electron chi connectivity index (χ1n) is 9.43. The smallest absolute Gasteiger partial charge is 0.331 e. The van der Waals surface area contributed by atoms with Crippen molar-refractivity contribution in [1.29, 1.82) is 0 Å². The summed E-state index contributed by atoms with van der Waals surface area (Å²) in [5.74, 6) is -0.528. The van der Waals surface area contributed by atoms with E-state index < -0.39 is 26.8 Å². The summed E-state index contributed by atoms with van der Waals surface area (Å²) in [4.78, 5) is 36.0. The minimum atomic E-state index is -2.16. The molecule has 172 valence electrons. The van der Waals surface area contributed by atoms with Gasteiger partial charge in [0, 0.05) is 6.07 Å². The van der Waals surface area contributed by atoms with Crippen LogP contribution in [0.15, 0.2) is 66.7 Å². The summed E-state index contributed by atoms with van der Waals surface area (Å²) in [6.07, 6.45) is -1.54. The number of nitrogens with zero attached hydrogens (tertiary/aromatic N) is 2.